The van der Waals surface area contributed by atoms with Crippen LogP contribution in [0.2, 0.25) is 5.02 Å². The molecule has 0 amide bonds. The molecule has 0 saturated heterocycles. The number of halogens is 1. The van der Waals surface area contributed by atoms with Crippen molar-refractivity contribution >= 4 is 34.4 Å². The van der Waals surface area contributed by atoms with Crippen LogP contribution in [0.5, 0.6) is 0 Å². The first-order valence-corrected chi connectivity index (χ1v) is 5.09. The molecule has 1 heterocycles. The molecule has 2 rings (SSSR count). The third-order valence-electron chi connectivity index (χ3n) is 1.70. The predicted molar refractivity (Wildman–Crippen MR) is 52.9 cm³/mol. The van der Waals surface area contributed by atoms with Gasteiger partial charge >= 0.3 is 0 Å². The number of nitrogens with zero attached hydrogens (tertiary/aromatic N) is 1. The minimum absolute atomic E-state index is 0.766. The minimum atomic E-state index is 0.766. The van der Waals surface area contributed by atoms with Crippen molar-refractivity contribution in [1.29, 1.82) is 0 Å². The molecule has 0 aliphatic rings. The van der Waals surface area contributed by atoms with E-state index in [4.69, 9.17) is 11.6 Å². The summed E-state index contributed by atoms with van der Waals surface area (Å²) in [7, 11) is 0. The molecule has 0 atom stereocenters. The lowest BCUT2D eigenvalue weighted by Gasteiger charge is -1.99. The van der Waals surface area contributed by atoms with E-state index in [1.807, 2.05) is 18.4 Å². The molecule has 1 N–H and O–H groups in total. The number of H-pyrrole nitrogens is 1. The molecule has 2 aromatic rings. The molecule has 0 saturated carbocycles. The van der Waals surface area contributed by atoms with E-state index in [0.717, 1.165) is 21.0 Å². The third kappa shape index (κ3) is 1.09. The lowest BCUT2D eigenvalue weighted by Crippen LogP contribution is -1.76. The average Bonchev–Trinajstić information content (AvgIpc) is 2.52. The van der Waals surface area contributed by atoms with Crippen molar-refractivity contribution in [2.24, 2.45) is 0 Å². The summed E-state index contributed by atoms with van der Waals surface area (Å²) in [4.78, 5) is 8.27. The number of rotatable bonds is 1. The summed E-state index contributed by atoms with van der Waals surface area (Å²) in [5.41, 5.74) is 1.98. The molecule has 2 nitrogen and oxygen atoms in total. The Morgan fingerprint density at radius 2 is 2.33 bits per heavy atom. The summed E-state index contributed by atoms with van der Waals surface area (Å²) >= 11 is 7.60. The third-order valence-corrected chi connectivity index (χ3v) is 2.95. The number of benzene rings is 1. The van der Waals surface area contributed by atoms with Crippen LogP contribution in [0.15, 0.2) is 23.4 Å². The molecule has 4 heteroatoms. The number of hydrogen-bond acceptors (Lipinski definition) is 2. The Morgan fingerprint density at radius 3 is 3.08 bits per heavy atom. The summed E-state index contributed by atoms with van der Waals surface area (Å²) in [6.45, 7) is 0. The van der Waals surface area contributed by atoms with Crippen LogP contribution in [-0.2, 0) is 0 Å². The topological polar surface area (TPSA) is 28.7 Å². The van der Waals surface area contributed by atoms with E-state index in [1.165, 1.54) is 0 Å². The van der Waals surface area contributed by atoms with Gasteiger partial charge in [0.1, 0.15) is 5.52 Å². The highest BCUT2D eigenvalue weighted by atomic mass is 35.5. The first-order chi connectivity index (χ1) is 5.83. The largest absolute Gasteiger partial charge is 0.345 e. The summed E-state index contributed by atoms with van der Waals surface area (Å²) in [5, 5.41) is 0.766. The van der Waals surface area contributed by atoms with Crippen LogP contribution < -0.4 is 0 Å². The van der Waals surface area contributed by atoms with E-state index in [-0.39, 0.29) is 0 Å². The Bertz CT molecular complexity index is 410. The zero-order chi connectivity index (χ0) is 8.55. The van der Waals surface area contributed by atoms with Gasteiger partial charge in [0.05, 0.1) is 21.8 Å². The molecule has 0 bridgehead atoms. The Balaban J connectivity index is 2.83. The predicted octanol–water partition coefficient (Wildman–Crippen LogP) is 2.94. The maximum atomic E-state index is 5.99. The lowest BCUT2D eigenvalue weighted by molar-refractivity contribution is 1.33. The Kier molecular flexibility index (Phi) is 1.98. The molecule has 0 spiro atoms. The maximum absolute atomic E-state index is 5.99. The van der Waals surface area contributed by atoms with Crippen molar-refractivity contribution < 1.29 is 0 Å². The normalized spacial score (nSPS) is 10.8. The molecule has 1 aromatic heterocycles. The van der Waals surface area contributed by atoms with Crippen molar-refractivity contribution in [2.75, 3.05) is 6.26 Å². The smallest absolute Gasteiger partial charge is 0.103 e. The first-order valence-electron chi connectivity index (χ1n) is 3.48. The van der Waals surface area contributed by atoms with Crippen LogP contribution in [0, 0.1) is 0 Å². The lowest BCUT2D eigenvalue weighted by atomic mass is 10.3. The number of imidazole rings is 1. The molecule has 62 valence electrons. The second kappa shape index (κ2) is 2.99. The number of aromatic nitrogens is 2. The average molecular weight is 199 g/mol. The van der Waals surface area contributed by atoms with Crippen LogP contribution in [0.3, 0.4) is 0 Å². The molecular formula is C8H7ClN2S. The van der Waals surface area contributed by atoms with E-state index >= 15 is 0 Å². The van der Waals surface area contributed by atoms with Gasteiger partial charge in [0, 0.05) is 0 Å². The minimum Gasteiger partial charge on any atom is -0.345 e. The molecule has 0 aliphatic heterocycles. The fourth-order valence-electron chi connectivity index (χ4n) is 1.15. The molecule has 0 fully saturated rings. The van der Waals surface area contributed by atoms with Gasteiger partial charge in [-0.15, -0.1) is 11.8 Å². The van der Waals surface area contributed by atoms with E-state index in [1.54, 1.807) is 18.1 Å². The fraction of sp³-hybridized carbons (Fsp3) is 0.125. The molecule has 0 unspecified atom stereocenters. The van der Waals surface area contributed by atoms with Gasteiger partial charge in [-0.3, -0.25) is 0 Å². The second-order valence-electron chi connectivity index (χ2n) is 2.38. The standard InChI is InChI=1S/C8H7ClN2S/c1-12-8-5(9)2-3-6-7(8)11-4-10-6/h2-4H,1H3,(H,10,11). The van der Waals surface area contributed by atoms with Gasteiger partial charge in [0.25, 0.3) is 0 Å². The Labute approximate surface area is 79.3 Å². The number of nitrogens with one attached hydrogen (secondary N) is 1. The van der Waals surface area contributed by atoms with Crippen LogP contribution in [0.4, 0.5) is 0 Å². The van der Waals surface area contributed by atoms with E-state index in [9.17, 15) is 0 Å². The van der Waals surface area contributed by atoms with Gasteiger partial charge in [-0.1, -0.05) is 11.6 Å². The SMILES string of the molecule is CSc1c(Cl)ccc2[nH]cnc12. The van der Waals surface area contributed by atoms with E-state index in [0.29, 0.717) is 0 Å². The van der Waals surface area contributed by atoms with Gasteiger partial charge < -0.3 is 4.98 Å². The fourth-order valence-corrected chi connectivity index (χ4v) is 2.15. The summed E-state index contributed by atoms with van der Waals surface area (Å²) in [5.74, 6) is 0. The number of hydrogen-bond donors (Lipinski definition) is 1. The van der Waals surface area contributed by atoms with Gasteiger partial charge in [-0.2, -0.15) is 0 Å². The van der Waals surface area contributed by atoms with Crippen molar-refractivity contribution in [3.05, 3.63) is 23.5 Å². The second-order valence-corrected chi connectivity index (χ2v) is 3.60. The maximum Gasteiger partial charge on any atom is 0.103 e. The summed E-state index contributed by atoms with van der Waals surface area (Å²) in [6, 6.07) is 3.82. The highest BCUT2D eigenvalue weighted by Crippen LogP contribution is 2.31. The molecule has 0 aliphatic carbocycles. The number of fused-ring (bicyclic) bond motifs is 1. The number of thioether (sulfide) groups is 1. The van der Waals surface area contributed by atoms with E-state index < -0.39 is 0 Å². The summed E-state index contributed by atoms with van der Waals surface area (Å²) < 4.78 is 0. The molecule has 1 aromatic carbocycles. The zero-order valence-electron chi connectivity index (χ0n) is 6.47. The first kappa shape index (κ1) is 7.95. The van der Waals surface area contributed by atoms with Gasteiger partial charge in [0.15, 0.2) is 0 Å². The van der Waals surface area contributed by atoms with Crippen LogP contribution in [-0.4, -0.2) is 16.2 Å². The zero-order valence-corrected chi connectivity index (χ0v) is 8.04. The Morgan fingerprint density at radius 1 is 1.50 bits per heavy atom. The van der Waals surface area contributed by atoms with Gasteiger partial charge in [0.2, 0.25) is 0 Å². The monoisotopic (exact) mass is 198 g/mol. The van der Waals surface area contributed by atoms with Gasteiger partial charge in [-0.25, -0.2) is 4.98 Å². The van der Waals surface area contributed by atoms with Crippen LogP contribution in [0.25, 0.3) is 11.0 Å². The molecule has 0 radical (unpaired) electrons. The highest BCUT2D eigenvalue weighted by molar-refractivity contribution is 7.99. The van der Waals surface area contributed by atoms with Crippen LogP contribution >= 0.6 is 23.4 Å². The van der Waals surface area contributed by atoms with Gasteiger partial charge in [-0.05, 0) is 18.4 Å². The van der Waals surface area contributed by atoms with Crippen LogP contribution in [0.1, 0.15) is 0 Å². The Hall–Kier alpha value is -0.670. The number of aromatic amines is 1. The molecular weight excluding hydrogens is 192 g/mol. The van der Waals surface area contributed by atoms with Crippen molar-refractivity contribution in [1.82, 2.24) is 9.97 Å². The highest BCUT2D eigenvalue weighted by Gasteiger charge is 2.05. The molecule has 12 heavy (non-hydrogen) atoms. The summed E-state index contributed by atoms with van der Waals surface area (Å²) in [6.07, 6.45) is 3.68. The van der Waals surface area contributed by atoms with Crippen molar-refractivity contribution in [3.8, 4) is 0 Å². The quantitative estimate of drug-likeness (QED) is 0.714. The van der Waals surface area contributed by atoms with Crippen molar-refractivity contribution in [3.63, 3.8) is 0 Å². The van der Waals surface area contributed by atoms with E-state index in [2.05, 4.69) is 9.97 Å². The van der Waals surface area contributed by atoms with Crippen molar-refractivity contribution in [2.45, 2.75) is 4.90 Å².